The standard InChI is InChI=1S/C12H12N4O3.C10H11NO2.C2H4/c1-2-8-7(6-14-4-3-13)5-9(19-8)10-11(17)16-12(18)15-10;1-11-6-7-3-4-8(13-2)5-9(7)10(11)12;1-2/h5-6,10H,2,4H2,1H3,(H2,15,16,17,18);3-5H,6H2,1-2H3;1-2H2. The van der Waals surface area contributed by atoms with Gasteiger partial charge in [0, 0.05) is 37.4 Å². The molecule has 10 heteroatoms. The summed E-state index contributed by atoms with van der Waals surface area (Å²) in [5.41, 5.74) is 2.55. The van der Waals surface area contributed by atoms with E-state index in [1.54, 1.807) is 31.2 Å². The van der Waals surface area contributed by atoms with Gasteiger partial charge in [0.15, 0.2) is 6.04 Å². The van der Waals surface area contributed by atoms with Crippen molar-refractivity contribution in [2.75, 3.05) is 20.7 Å². The Morgan fingerprint density at radius 2 is 2.06 bits per heavy atom. The van der Waals surface area contributed by atoms with Gasteiger partial charge in [0.25, 0.3) is 11.8 Å². The van der Waals surface area contributed by atoms with Crippen molar-refractivity contribution in [3.63, 3.8) is 0 Å². The Morgan fingerprint density at radius 1 is 1.32 bits per heavy atom. The summed E-state index contributed by atoms with van der Waals surface area (Å²) < 4.78 is 10.6. The number of rotatable bonds is 5. The summed E-state index contributed by atoms with van der Waals surface area (Å²) in [7, 11) is 3.40. The van der Waals surface area contributed by atoms with Crippen LogP contribution in [0.4, 0.5) is 4.79 Å². The van der Waals surface area contributed by atoms with E-state index in [0.29, 0.717) is 30.0 Å². The minimum atomic E-state index is -0.809. The number of methoxy groups -OCH3 is 1. The van der Waals surface area contributed by atoms with Gasteiger partial charge in [0.2, 0.25) is 0 Å². The van der Waals surface area contributed by atoms with Gasteiger partial charge in [-0.25, -0.2) is 4.79 Å². The average Bonchev–Trinajstić information content (AvgIpc) is 3.50. The van der Waals surface area contributed by atoms with Crippen molar-refractivity contribution in [2.45, 2.75) is 25.9 Å². The van der Waals surface area contributed by atoms with E-state index in [-0.39, 0.29) is 12.5 Å². The fourth-order valence-electron chi connectivity index (χ4n) is 3.35. The molecule has 0 aliphatic carbocycles. The minimum absolute atomic E-state index is 0.0598. The van der Waals surface area contributed by atoms with Crippen molar-refractivity contribution in [3.8, 4) is 11.8 Å². The summed E-state index contributed by atoms with van der Waals surface area (Å²) >= 11 is 0. The van der Waals surface area contributed by atoms with Gasteiger partial charge in [-0.3, -0.25) is 19.9 Å². The minimum Gasteiger partial charge on any atom is -0.497 e. The number of imide groups is 1. The van der Waals surface area contributed by atoms with Crippen molar-refractivity contribution in [3.05, 3.63) is 65.6 Å². The summed E-state index contributed by atoms with van der Waals surface area (Å²) in [5, 5.41) is 13.0. The van der Waals surface area contributed by atoms with Crippen LogP contribution in [0.5, 0.6) is 5.75 Å². The third-order valence-electron chi connectivity index (χ3n) is 4.93. The fraction of sp³-hybridized carbons (Fsp3) is 0.292. The first-order valence-corrected chi connectivity index (χ1v) is 10.4. The molecule has 1 atom stereocenters. The quantitative estimate of drug-likeness (QED) is 0.301. The van der Waals surface area contributed by atoms with E-state index in [4.69, 9.17) is 14.4 Å². The fourth-order valence-corrected chi connectivity index (χ4v) is 3.35. The molecular formula is C24H27N5O5. The van der Waals surface area contributed by atoms with Gasteiger partial charge in [0.05, 0.1) is 13.2 Å². The first-order valence-electron chi connectivity index (χ1n) is 10.4. The molecule has 0 saturated carbocycles. The van der Waals surface area contributed by atoms with Crippen molar-refractivity contribution in [1.82, 2.24) is 15.5 Å². The lowest BCUT2D eigenvalue weighted by atomic mass is 10.1. The van der Waals surface area contributed by atoms with Crippen LogP contribution < -0.4 is 15.4 Å². The predicted octanol–water partition coefficient (Wildman–Crippen LogP) is 2.75. The number of nitriles is 1. The molecule has 2 N–H and O–H groups in total. The molecule has 10 nitrogen and oxygen atoms in total. The second kappa shape index (κ2) is 12.0. The Kier molecular flexibility index (Phi) is 9.14. The number of aliphatic imine (C=N–C) groups is 1. The summed E-state index contributed by atoms with van der Waals surface area (Å²) in [6.07, 6.45) is 2.15. The van der Waals surface area contributed by atoms with Gasteiger partial charge in [-0.2, -0.15) is 5.26 Å². The molecule has 34 heavy (non-hydrogen) atoms. The van der Waals surface area contributed by atoms with Crippen LogP contribution in [-0.4, -0.2) is 49.7 Å². The molecular weight excluding hydrogens is 438 g/mol. The Labute approximate surface area is 197 Å². The van der Waals surface area contributed by atoms with Gasteiger partial charge < -0.3 is 19.4 Å². The summed E-state index contributed by atoms with van der Waals surface area (Å²) in [6.45, 7) is 8.67. The molecule has 4 rings (SSSR count). The van der Waals surface area contributed by atoms with E-state index in [2.05, 4.69) is 28.8 Å². The number of hydrogen-bond acceptors (Lipinski definition) is 7. The summed E-state index contributed by atoms with van der Waals surface area (Å²) in [5.74, 6) is 1.39. The maximum absolute atomic E-state index is 11.5. The average molecular weight is 466 g/mol. The van der Waals surface area contributed by atoms with E-state index < -0.39 is 18.0 Å². The van der Waals surface area contributed by atoms with Gasteiger partial charge >= 0.3 is 6.03 Å². The lowest BCUT2D eigenvalue weighted by Gasteiger charge is -2.04. The Hall–Kier alpha value is -4.39. The predicted molar refractivity (Wildman–Crippen MR) is 126 cm³/mol. The van der Waals surface area contributed by atoms with Crippen LogP contribution in [0.25, 0.3) is 0 Å². The van der Waals surface area contributed by atoms with Crippen LogP contribution in [0.15, 0.2) is 46.8 Å². The van der Waals surface area contributed by atoms with E-state index in [9.17, 15) is 14.4 Å². The first kappa shape index (κ1) is 25.9. The third-order valence-corrected chi connectivity index (χ3v) is 4.93. The van der Waals surface area contributed by atoms with E-state index in [1.807, 2.05) is 25.1 Å². The second-order valence-electron chi connectivity index (χ2n) is 7.09. The lowest BCUT2D eigenvalue weighted by molar-refractivity contribution is -0.120. The molecule has 1 aromatic carbocycles. The van der Waals surface area contributed by atoms with Crippen LogP contribution in [0.2, 0.25) is 0 Å². The molecule has 0 spiro atoms. The van der Waals surface area contributed by atoms with Crippen molar-refractivity contribution >= 4 is 24.1 Å². The maximum Gasteiger partial charge on any atom is 0.322 e. The normalized spacial score (nSPS) is 16.0. The third kappa shape index (κ3) is 5.89. The van der Waals surface area contributed by atoms with Gasteiger partial charge in [0.1, 0.15) is 23.8 Å². The molecule has 2 aromatic rings. The van der Waals surface area contributed by atoms with Crippen molar-refractivity contribution in [1.29, 1.82) is 5.26 Å². The van der Waals surface area contributed by atoms with E-state index >= 15 is 0 Å². The monoisotopic (exact) mass is 465 g/mol. The number of nitrogens with zero attached hydrogens (tertiary/aromatic N) is 3. The molecule has 0 bridgehead atoms. The number of aryl methyl sites for hydroxylation is 1. The number of furan rings is 1. The number of nitrogens with one attached hydrogen (secondary N) is 2. The maximum atomic E-state index is 11.5. The van der Waals surface area contributed by atoms with Gasteiger partial charge in [-0.15, -0.1) is 13.2 Å². The molecule has 1 unspecified atom stereocenters. The van der Waals surface area contributed by atoms with E-state index in [0.717, 1.165) is 16.9 Å². The number of carbonyl (C=O) groups excluding carboxylic acids is 3. The number of fused-ring (bicyclic) bond motifs is 1. The highest BCUT2D eigenvalue weighted by molar-refractivity contribution is 6.04. The topological polar surface area (TPSA) is 137 Å². The highest BCUT2D eigenvalue weighted by atomic mass is 16.5. The number of amides is 4. The number of benzene rings is 1. The highest BCUT2D eigenvalue weighted by Gasteiger charge is 2.34. The summed E-state index contributed by atoms with van der Waals surface area (Å²) in [6, 6.07) is 7.81. The zero-order chi connectivity index (χ0) is 25.3. The van der Waals surface area contributed by atoms with Crippen LogP contribution in [0, 0.1) is 11.3 Å². The lowest BCUT2D eigenvalue weighted by Crippen LogP contribution is -2.22. The first-order chi connectivity index (χ1) is 16.4. The molecule has 178 valence electrons. The number of urea groups is 1. The molecule has 1 saturated heterocycles. The van der Waals surface area contributed by atoms with Crippen molar-refractivity contribution in [2.24, 2.45) is 4.99 Å². The number of carbonyl (C=O) groups is 3. The Bertz CT molecular complexity index is 1130. The molecule has 4 amide bonds. The SMILES string of the molecule is C=C.CCc1oc(C2NC(=O)NC2=O)cc1C=NCC#N.COc1ccc2c(c1)C(=O)N(C)C2. The number of hydrogen-bond donors (Lipinski definition) is 2. The molecule has 3 heterocycles. The molecule has 1 aromatic heterocycles. The zero-order valence-electron chi connectivity index (χ0n) is 19.4. The highest BCUT2D eigenvalue weighted by Crippen LogP contribution is 2.25. The molecule has 2 aliphatic heterocycles. The van der Waals surface area contributed by atoms with Crippen LogP contribution in [0.1, 0.15) is 46.0 Å². The van der Waals surface area contributed by atoms with Crippen LogP contribution >= 0.6 is 0 Å². The second-order valence-corrected chi connectivity index (χ2v) is 7.09. The smallest absolute Gasteiger partial charge is 0.322 e. The van der Waals surface area contributed by atoms with Gasteiger partial charge in [-0.1, -0.05) is 13.0 Å². The summed E-state index contributed by atoms with van der Waals surface area (Å²) in [4.78, 5) is 39.7. The van der Waals surface area contributed by atoms with Gasteiger partial charge in [-0.05, 0) is 23.8 Å². The van der Waals surface area contributed by atoms with Crippen LogP contribution in [0.3, 0.4) is 0 Å². The van der Waals surface area contributed by atoms with Crippen LogP contribution in [-0.2, 0) is 17.8 Å². The number of ether oxygens (including phenoxy) is 1. The zero-order valence-corrected chi connectivity index (χ0v) is 19.4. The van der Waals surface area contributed by atoms with E-state index in [1.165, 1.54) is 6.21 Å². The Balaban J connectivity index is 0.000000237. The Morgan fingerprint density at radius 3 is 2.65 bits per heavy atom. The molecule has 0 radical (unpaired) electrons. The van der Waals surface area contributed by atoms with Crippen molar-refractivity contribution < 1.29 is 23.5 Å². The largest absolute Gasteiger partial charge is 0.497 e. The molecule has 2 aliphatic rings. The molecule has 1 fully saturated rings.